The number of amides is 1. The van der Waals surface area contributed by atoms with E-state index in [1.807, 2.05) is 0 Å². The summed E-state index contributed by atoms with van der Waals surface area (Å²) < 4.78 is 34.9. The van der Waals surface area contributed by atoms with Crippen LogP contribution >= 0.6 is 0 Å². The second-order valence-electron chi connectivity index (χ2n) is 6.24. The standard InChI is InChI=1S/C20H24N2O6S/c1-5-27-20(24)17-8-6-7-9-18(17)21-19(23)14(2)28-16-12-10-15(11-13-16)22(3)29(4,25)26/h6-14H,5H2,1-4H3,(H,21,23)/t14-/m0/s1. The SMILES string of the molecule is CCOC(=O)c1ccccc1NC(=O)[C@H](C)Oc1ccc(N(C)S(C)(=O)=O)cc1. The Morgan fingerprint density at radius 3 is 2.31 bits per heavy atom. The van der Waals surface area contributed by atoms with Crippen molar-refractivity contribution in [1.82, 2.24) is 0 Å². The van der Waals surface area contributed by atoms with Crippen LogP contribution in [0.2, 0.25) is 0 Å². The maximum atomic E-state index is 12.5. The van der Waals surface area contributed by atoms with Gasteiger partial charge in [0.2, 0.25) is 10.0 Å². The van der Waals surface area contributed by atoms with Gasteiger partial charge in [-0.2, -0.15) is 0 Å². The molecule has 0 aliphatic heterocycles. The molecule has 0 saturated carbocycles. The van der Waals surface area contributed by atoms with E-state index in [1.54, 1.807) is 62.4 Å². The molecule has 0 aliphatic carbocycles. The van der Waals surface area contributed by atoms with E-state index in [9.17, 15) is 18.0 Å². The lowest BCUT2D eigenvalue weighted by Gasteiger charge is -2.18. The number of benzene rings is 2. The summed E-state index contributed by atoms with van der Waals surface area (Å²) in [6, 6.07) is 12.9. The molecule has 1 amide bonds. The average molecular weight is 420 g/mol. The average Bonchev–Trinajstić information content (AvgIpc) is 2.67. The quantitative estimate of drug-likeness (QED) is 0.659. The van der Waals surface area contributed by atoms with Crippen LogP contribution in [-0.2, 0) is 19.6 Å². The Morgan fingerprint density at radius 1 is 1.10 bits per heavy atom. The van der Waals surface area contributed by atoms with Crippen LogP contribution in [0.3, 0.4) is 0 Å². The summed E-state index contributed by atoms with van der Waals surface area (Å²) in [6.45, 7) is 3.50. The predicted octanol–water partition coefficient (Wildman–Crippen LogP) is 2.67. The normalized spacial score (nSPS) is 12.0. The molecule has 0 spiro atoms. The van der Waals surface area contributed by atoms with Gasteiger partial charge in [-0.3, -0.25) is 9.10 Å². The first-order valence-electron chi connectivity index (χ1n) is 8.91. The molecule has 9 heteroatoms. The highest BCUT2D eigenvalue weighted by atomic mass is 32.2. The number of carbonyl (C=O) groups is 2. The number of hydrogen-bond acceptors (Lipinski definition) is 6. The van der Waals surface area contributed by atoms with Crippen LogP contribution < -0.4 is 14.4 Å². The number of anilines is 2. The summed E-state index contributed by atoms with van der Waals surface area (Å²) in [6.07, 6.45) is 0.251. The van der Waals surface area contributed by atoms with Gasteiger partial charge in [0.05, 0.1) is 29.8 Å². The van der Waals surface area contributed by atoms with Crippen LogP contribution in [0.1, 0.15) is 24.2 Å². The highest BCUT2D eigenvalue weighted by Gasteiger charge is 2.19. The van der Waals surface area contributed by atoms with E-state index in [4.69, 9.17) is 9.47 Å². The first-order chi connectivity index (χ1) is 13.6. The van der Waals surface area contributed by atoms with Gasteiger partial charge in [0.25, 0.3) is 5.91 Å². The van der Waals surface area contributed by atoms with Gasteiger partial charge in [-0.1, -0.05) is 12.1 Å². The Kier molecular flexibility index (Phi) is 7.22. The van der Waals surface area contributed by atoms with Crippen molar-refractivity contribution in [2.24, 2.45) is 0 Å². The zero-order valence-corrected chi connectivity index (χ0v) is 17.5. The van der Waals surface area contributed by atoms with E-state index in [0.29, 0.717) is 17.1 Å². The Morgan fingerprint density at radius 2 is 1.72 bits per heavy atom. The molecule has 2 aromatic carbocycles. The molecular formula is C20H24N2O6S. The molecule has 0 radical (unpaired) electrons. The van der Waals surface area contributed by atoms with Crippen LogP contribution in [0.4, 0.5) is 11.4 Å². The van der Waals surface area contributed by atoms with Gasteiger partial charge < -0.3 is 14.8 Å². The van der Waals surface area contributed by atoms with Gasteiger partial charge >= 0.3 is 5.97 Å². The summed E-state index contributed by atoms with van der Waals surface area (Å²) in [5, 5.41) is 2.67. The molecule has 0 bridgehead atoms. The first-order valence-corrected chi connectivity index (χ1v) is 10.8. The monoisotopic (exact) mass is 420 g/mol. The molecular weight excluding hydrogens is 396 g/mol. The van der Waals surface area contributed by atoms with Crippen LogP contribution in [-0.4, -0.2) is 46.3 Å². The third-order valence-electron chi connectivity index (χ3n) is 4.06. The van der Waals surface area contributed by atoms with Crippen molar-refractivity contribution in [3.05, 3.63) is 54.1 Å². The van der Waals surface area contributed by atoms with Crippen molar-refractivity contribution in [2.45, 2.75) is 20.0 Å². The van der Waals surface area contributed by atoms with Gasteiger partial charge in [-0.05, 0) is 50.2 Å². The molecule has 0 aliphatic rings. The minimum atomic E-state index is -3.36. The summed E-state index contributed by atoms with van der Waals surface area (Å²) in [5.41, 5.74) is 1.06. The predicted molar refractivity (Wildman–Crippen MR) is 111 cm³/mol. The number of rotatable bonds is 8. The molecule has 0 saturated heterocycles. The second kappa shape index (κ2) is 9.42. The minimum absolute atomic E-state index is 0.227. The number of nitrogens with one attached hydrogen (secondary N) is 1. The molecule has 0 unspecified atom stereocenters. The first kappa shape index (κ1) is 22.2. The lowest BCUT2D eigenvalue weighted by molar-refractivity contribution is -0.122. The van der Waals surface area contributed by atoms with Crippen LogP contribution in [0.15, 0.2) is 48.5 Å². The maximum Gasteiger partial charge on any atom is 0.340 e. The number of carbonyl (C=O) groups excluding carboxylic acids is 2. The lowest BCUT2D eigenvalue weighted by atomic mass is 10.1. The topological polar surface area (TPSA) is 102 Å². The fourth-order valence-corrected chi connectivity index (χ4v) is 2.90. The van der Waals surface area contributed by atoms with E-state index < -0.39 is 28.0 Å². The number of ether oxygens (including phenoxy) is 2. The zero-order chi connectivity index (χ0) is 21.6. The Labute approximate surface area is 170 Å². The third-order valence-corrected chi connectivity index (χ3v) is 5.27. The molecule has 1 atom stereocenters. The molecule has 2 rings (SSSR count). The van der Waals surface area contributed by atoms with Crippen molar-refractivity contribution in [3.8, 4) is 5.75 Å². The number of esters is 1. The molecule has 8 nitrogen and oxygen atoms in total. The lowest BCUT2D eigenvalue weighted by Crippen LogP contribution is -2.31. The summed E-state index contributed by atoms with van der Waals surface area (Å²) in [4.78, 5) is 24.5. The number of para-hydroxylation sites is 1. The van der Waals surface area contributed by atoms with Crippen molar-refractivity contribution < 1.29 is 27.5 Å². The molecule has 2 aromatic rings. The molecule has 1 N–H and O–H groups in total. The second-order valence-corrected chi connectivity index (χ2v) is 8.25. The molecule has 0 fully saturated rings. The highest BCUT2D eigenvalue weighted by molar-refractivity contribution is 7.92. The maximum absolute atomic E-state index is 12.5. The Balaban J connectivity index is 2.06. The molecule has 0 aromatic heterocycles. The van der Waals surface area contributed by atoms with E-state index in [0.717, 1.165) is 10.6 Å². The third kappa shape index (κ3) is 5.95. The van der Waals surface area contributed by atoms with Crippen molar-refractivity contribution in [3.63, 3.8) is 0 Å². The molecule has 0 heterocycles. The van der Waals surface area contributed by atoms with E-state index in [1.165, 1.54) is 7.05 Å². The van der Waals surface area contributed by atoms with Crippen molar-refractivity contribution in [1.29, 1.82) is 0 Å². The van der Waals surface area contributed by atoms with E-state index >= 15 is 0 Å². The van der Waals surface area contributed by atoms with Gasteiger partial charge in [-0.15, -0.1) is 0 Å². The van der Waals surface area contributed by atoms with E-state index in [2.05, 4.69) is 5.32 Å². The Hall–Kier alpha value is -3.07. The highest BCUT2D eigenvalue weighted by Crippen LogP contribution is 2.22. The number of sulfonamides is 1. The summed E-state index contributed by atoms with van der Waals surface area (Å²) in [7, 11) is -1.92. The van der Waals surface area contributed by atoms with Gasteiger partial charge in [0.1, 0.15) is 5.75 Å². The van der Waals surface area contributed by atoms with Crippen molar-refractivity contribution in [2.75, 3.05) is 29.5 Å². The fourth-order valence-electron chi connectivity index (χ4n) is 2.40. The minimum Gasteiger partial charge on any atom is -0.481 e. The van der Waals surface area contributed by atoms with Gasteiger partial charge in [-0.25, -0.2) is 13.2 Å². The smallest absolute Gasteiger partial charge is 0.340 e. The van der Waals surface area contributed by atoms with Gasteiger partial charge in [0, 0.05) is 7.05 Å². The van der Waals surface area contributed by atoms with Crippen LogP contribution in [0.5, 0.6) is 5.75 Å². The van der Waals surface area contributed by atoms with Gasteiger partial charge in [0.15, 0.2) is 6.10 Å². The zero-order valence-electron chi connectivity index (χ0n) is 16.7. The fraction of sp³-hybridized carbons (Fsp3) is 0.300. The van der Waals surface area contributed by atoms with Crippen molar-refractivity contribution >= 4 is 33.3 Å². The molecule has 29 heavy (non-hydrogen) atoms. The summed E-state index contributed by atoms with van der Waals surface area (Å²) >= 11 is 0. The summed E-state index contributed by atoms with van der Waals surface area (Å²) in [5.74, 6) is -0.571. The number of hydrogen-bond donors (Lipinski definition) is 1. The van der Waals surface area contributed by atoms with E-state index in [-0.39, 0.29) is 12.2 Å². The van der Waals surface area contributed by atoms with Crippen LogP contribution in [0.25, 0.3) is 0 Å². The Bertz CT molecular complexity index is 973. The molecule has 156 valence electrons. The number of nitrogens with zero attached hydrogens (tertiary/aromatic N) is 1. The largest absolute Gasteiger partial charge is 0.481 e. The van der Waals surface area contributed by atoms with Crippen LogP contribution in [0, 0.1) is 0 Å².